The van der Waals surface area contributed by atoms with E-state index < -0.39 is 0 Å². The number of anilines is 1. The number of fused-ring (bicyclic) bond motifs is 1. The van der Waals surface area contributed by atoms with E-state index in [4.69, 9.17) is 0 Å². The summed E-state index contributed by atoms with van der Waals surface area (Å²) < 4.78 is 0. The van der Waals surface area contributed by atoms with Crippen molar-refractivity contribution in [3.8, 4) is 0 Å². The zero-order chi connectivity index (χ0) is 21.0. The van der Waals surface area contributed by atoms with Gasteiger partial charge in [-0.2, -0.15) is 0 Å². The molecule has 8 heteroatoms. The minimum Gasteiger partial charge on any atom is -0.396 e. The summed E-state index contributed by atoms with van der Waals surface area (Å²) in [4.78, 5) is 30.0. The van der Waals surface area contributed by atoms with Gasteiger partial charge in [0.1, 0.15) is 0 Å². The number of hydrogen-bond donors (Lipinski definition) is 2. The van der Waals surface area contributed by atoms with Crippen molar-refractivity contribution in [3.05, 3.63) is 48.0 Å². The molecular formula is C22H30N6O2. The summed E-state index contributed by atoms with van der Waals surface area (Å²) >= 11 is 0. The normalized spacial score (nSPS) is 23.5. The minimum atomic E-state index is -0.231. The first kappa shape index (κ1) is 20.7. The predicted molar refractivity (Wildman–Crippen MR) is 114 cm³/mol. The van der Waals surface area contributed by atoms with Crippen molar-refractivity contribution >= 4 is 11.9 Å². The maximum absolute atomic E-state index is 12.7. The molecule has 2 aromatic heterocycles. The van der Waals surface area contributed by atoms with Crippen LogP contribution >= 0.6 is 0 Å². The maximum Gasteiger partial charge on any atom is 0.222 e. The highest BCUT2D eigenvalue weighted by Crippen LogP contribution is 2.42. The number of hydrogen-bond acceptors (Lipinski definition) is 7. The van der Waals surface area contributed by atoms with Gasteiger partial charge < -0.3 is 15.3 Å². The number of aromatic nitrogens is 3. The van der Waals surface area contributed by atoms with Gasteiger partial charge in [0, 0.05) is 81.0 Å². The van der Waals surface area contributed by atoms with Crippen molar-refractivity contribution in [1.82, 2.24) is 24.8 Å². The third-order valence-corrected chi connectivity index (χ3v) is 6.26. The molecule has 0 bridgehead atoms. The first-order chi connectivity index (χ1) is 14.6. The third kappa shape index (κ3) is 4.44. The van der Waals surface area contributed by atoms with Gasteiger partial charge in [-0.1, -0.05) is 6.07 Å². The molecule has 8 nitrogen and oxygen atoms in total. The Labute approximate surface area is 177 Å². The van der Waals surface area contributed by atoms with Crippen molar-refractivity contribution < 1.29 is 9.90 Å². The van der Waals surface area contributed by atoms with Crippen LogP contribution in [-0.2, 0) is 17.8 Å². The predicted octanol–water partition coefficient (Wildman–Crippen LogP) is 1.19. The van der Waals surface area contributed by atoms with Gasteiger partial charge >= 0.3 is 0 Å². The molecule has 160 valence electrons. The molecule has 4 rings (SSSR count). The largest absolute Gasteiger partial charge is 0.396 e. The lowest BCUT2D eigenvalue weighted by atomic mass is 9.82. The number of rotatable bonds is 8. The summed E-state index contributed by atoms with van der Waals surface area (Å²) in [5.41, 5.74) is 1.77. The zero-order valence-corrected chi connectivity index (χ0v) is 17.5. The lowest BCUT2D eigenvalue weighted by Gasteiger charge is -2.27. The molecule has 0 aromatic carbocycles. The second kappa shape index (κ2) is 9.06. The van der Waals surface area contributed by atoms with E-state index in [2.05, 4.69) is 25.2 Å². The molecule has 2 N–H and O–H groups in total. The van der Waals surface area contributed by atoms with Crippen molar-refractivity contribution in [3.63, 3.8) is 0 Å². The van der Waals surface area contributed by atoms with Crippen LogP contribution in [0.2, 0.25) is 0 Å². The molecule has 2 atom stereocenters. The van der Waals surface area contributed by atoms with Crippen molar-refractivity contribution in [2.24, 2.45) is 11.3 Å². The van der Waals surface area contributed by atoms with Gasteiger partial charge in [0.2, 0.25) is 11.9 Å². The Morgan fingerprint density at radius 1 is 1.23 bits per heavy atom. The molecule has 2 aliphatic heterocycles. The second-order valence-corrected chi connectivity index (χ2v) is 8.43. The van der Waals surface area contributed by atoms with Crippen LogP contribution < -0.4 is 5.32 Å². The Hall–Kier alpha value is -2.58. The van der Waals surface area contributed by atoms with Crippen LogP contribution in [-0.4, -0.2) is 75.1 Å². The van der Waals surface area contributed by atoms with Gasteiger partial charge in [0.05, 0.1) is 6.61 Å². The summed E-state index contributed by atoms with van der Waals surface area (Å²) in [6.07, 6.45) is 6.59. The van der Waals surface area contributed by atoms with Gasteiger partial charge in [0.15, 0.2) is 0 Å². The Bertz CT molecular complexity index is 846. The van der Waals surface area contributed by atoms with Crippen molar-refractivity contribution in [2.45, 2.75) is 26.3 Å². The SMILES string of the molecule is CCNc1ncc(CN2C[C@H]3CN(C(=O)CCc4ccccn4)C[C@@]3(CO)C2)cn1. The molecule has 2 aliphatic rings. The number of aliphatic hydroxyl groups is 1. The van der Waals surface area contributed by atoms with E-state index in [1.807, 2.05) is 42.4 Å². The van der Waals surface area contributed by atoms with Crippen LogP contribution in [0.5, 0.6) is 0 Å². The number of aryl methyl sites for hydroxylation is 1. The molecule has 4 heterocycles. The smallest absolute Gasteiger partial charge is 0.222 e. The first-order valence-electron chi connectivity index (χ1n) is 10.7. The van der Waals surface area contributed by atoms with Gasteiger partial charge in [-0.25, -0.2) is 9.97 Å². The van der Waals surface area contributed by atoms with Crippen LogP contribution in [0.1, 0.15) is 24.6 Å². The summed E-state index contributed by atoms with van der Waals surface area (Å²) in [7, 11) is 0. The molecule has 2 aromatic rings. The third-order valence-electron chi connectivity index (χ3n) is 6.26. The highest BCUT2D eigenvalue weighted by molar-refractivity contribution is 5.77. The van der Waals surface area contributed by atoms with E-state index in [0.717, 1.165) is 37.4 Å². The van der Waals surface area contributed by atoms with E-state index in [1.54, 1.807) is 6.20 Å². The number of nitrogens with zero attached hydrogens (tertiary/aromatic N) is 5. The standard InChI is InChI=1S/C22H30N6O2/c1-2-23-21-25-9-17(10-26-21)11-27-12-18-13-28(15-22(18,14-27)16-29)20(30)7-6-19-5-3-4-8-24-19/h3-5,8-10,18,29H,2,6-7,11-16H2,1H3,(H,23,25,26)/t18-,22+/m0/s1. The monoisotopic (exact) mass is 410 g/mol. The molecule has 0 aliphatic carbocycles. The first-order valence-corrected chi connectivity index (χ1v) is 10.7. The number of amides is 1. The van der Waals surface area contributed by atoms with Crippen LogP contribution in [0.4, 0.5) is 5.95 Å². The molecule has 1 amide bonds. The molecule has 0 saturated carbocycles. The van der Waals surface area contributed by atoms with E-state index in [0.29, 0.717) is 37.8 Å². The molecular weight excluding hydrogens is 380 g/mol. The highest BCUT2D eigenvalue weighted by Gasteiger charge is 2.52. The fourth-order valence-corrected chi connectivity index (χ4v) is 4.71. The van der Waals surface area contributed by atoms with E-state index in [9.17, 15) is 9.90 Å². The molecule has 2 saturated heterocycles. The Balaban J connectivity index is 1.32. The Kier molecular flexibility index (Phi) is 6.24. The molecule has 0 unspecified atom stereocenters. The fraction of sp³-hybridized carbons (Fsp3) is 0.545. The van der Waals surface area contributed by atoms with Crippen LogP contribution in [0, 0.1) is 11.3 Å². The van der Waals surface area contributed by atoms with Gasteiger partial charge in [-0.05, 0) is 31.4 Å². The van der Waals surface area contributed by atoms with Crippen molar-refractivity contribution in [2.75, 3.05) is 44.6 Å². The number of aliphatic hydroxyl groups excluding tert-OH is 1. The average Bonchev–Trinajstić information content (AvgIpc) is 3.28. The number of likely N-dealkylation sites (tertiary alicyclic amines) is 2. The summed E-state index contributed by atoms with van der Waals surface area (Å²) in [5.74, 6) is 1.09. The summed E-state index contributed by atoms with van der Waals surface area (Å²) in [6.45, 7) is 6.68. The summed E-state index contributed by atoms with van der Waals surface area (Å²) in [5, 5.41) is 13.3. The van der Waals surface area contributed by atoms with E-state index in [1.165, 1.54) is 0 Å². The van der Waals surface area contributed by atoms with E-state index >= 15 is 0 Å². The molecule has 0 spiro atoms. The number of carbonyl (C=O) groups excluding carboxylic acids is 1. The zero-order valence-electron chi connectivity index (χ0n) is 17.5. The molecule has 30 heavy (non-hydrogen) atoms. The maximum atomic E-state index is 12.7. The quantitative estimate of drug-likeness (QED) is 0.675. The number of pyridine rings is 1. The molecule has 0 radical (unpaired) electrons. The lowest BCUT2D eigenvalue weighted by molar-refractivity contribution is -0.130. The number of carbonyl (C=O) groups is 1. The van der Waals surface area contributed by atoms with Crippen LogP contribution in [0.3, 0.4) is 0 Å². The van der Waals surface area contributed by atoms with Gasteiger partial charge in [0.25, 0.3) is 0 Å². The second-order valence-electron chi connectivity index (χ2n) is 8.43. The van der Waals surface area contributed by atoms with Gasteiger partial charge in [-0.15, -0.1) is 0 Å². The molecule has 2 fully saturated rings. The summed E-state index contributed by atoms with van der Waals surface area (Å²) in [6, 6.07) is 5.78. The highest BCUT2D eigenvalue weighted by atomic mass is 16.3. The Morgan fingerprint density at radius 3 is 2.73 bits per heavy atom. The Morgan fingerprint density at radius 2 is 2.07 bits per heavy atom. The topological polar surface area (TPSA) is 94.5 Å². The lowest BCUT2D eigenvalue weighted by Crippen LogP contribution is -2.38. The number of nitrogens with one attached hydrogen (secondary N) is 1. The fourth-order valence-electron chi connectivity index (χ4n) is 4.71. The van der Waals surface area contributed by atoms with E-state index in [-0.39, 0.29) is 17.9 Å². The average molecular weight is 411 g/mol. The van der Waals surface area contributed by atoms with Crippen molar-refractivity contribution in [1.29, 1.82) is 0 Å². The van der Waals surface area contributed by atoms with Crippen LogP contribution in [0.15, 0.2) is 36.8 Å². The van der Waals surface area contributed by atoms with Crippen LogP contribution in [0.25, 0.3) is 0 Å². The van der Waals surface area contributed by atoms with Gasteiger partial charge in [-0.3, -0.25) is 14.7 Å². The minimum absolute atomic E-state index is 0.105.